The number of fused-ring (bicyclic) bond motifs is 7. The van der Waals surface area contributed by atoms with E-state index in [1.165, 1.54) is 5.57 Å². The summed E-state index contributed by atoms with van der Waals surface area (Å²) in [4.78, 5) is 39.7. The van der Waals surface area contributed by atoms with Crippen LogP contribution in [0.3, 0.4) is 0 Å². The van der Waals surface area contributed by atoms with Crippen LogP contribution in [0.25, 0.3) is 0 Å². The predicted octanol–water partition coefficient (Wildman–Crippen LogP) is 6.40. The Bertz CT molecular complexity index is 1050. The van der Waals surface area contributed by atoms with E-state index in [0.29, 0.717) is 12.8 Å². The number of aliphatic carboxylic acids is 1. The highest BCUT2D eigenvalue weighted by Crippen LogP contribution is 2.74. The second-order valence-electron chi connectivity index (χ2n) is 14.4. The van der Waals surface area contributed by atoms with E-state index >= 15 is 0 Å². The zero-order valence-electron chi connectivity index (χ0n) is 22.1. The first-order chi connectivity index (χ1) is 15.6. The Morgan fingerprint density at radius 3 is 2.24 bits per heavy atom. The van der Waals surface area contributed by atoms with Crippen LogP contribution in [0, 0.1) is 50.2 Å². The zero-order chi connectivity index (χ0) is 25.1. The monoisotopic (exact) mass is 466 g/mol. The molecular weight excluding hydrogens is 424 g/mol. The minimum absolute atomic E-state index is 0.0488. The van der Waals surface area contributed by atoms with E-state index in [0.717, 1.165) is 32.1 Å². The van der Waals surface area contributed by atoms with Crippen molar-refractivity contribution in [2.45, 2.75) is 93.4 Å². The second kappa shape index (κ2) is 6.73. The standard InChI is InChI=1S/C30H42O4/c1-25(2)12-14-30(24(33)34)15-13-29(7)23(18(30)17-25)19(31)16-21-27(5)10-9-22(32)26(3,4)20(27)8-11-28(21,29)6/h9-10,16,18,20,23H,8,11-15,17H2,1-7H3,(H,33,34)/t18-,20?,23-,27-,28+,29+,30-/m0/s1. The van der Waals surface area contributed by atoms with Gasteiger partial charge in [-0.25, -0.2) is 0 Å². The molecule has 4 nitrogen and oxygen atoms in total. The highest BCUT2D eigenvalue weighted by atomic mass is 16.4. The fraction of sp³-hybridized carbons (Fsp3) is 0.767. The van der Waals surface area contributed by atoms with Gasteiger partial charge in [0.15, 0.2) is 11.6 Å². The summed E-state index contributed by atoms with van der Waals surface area (Å²) in [6.07, 6.45) is 11.5. The lowest BCUT2D eigenvalue weighted by Gasteiger charge is -2.68. The molecule has 0 heterocycles. The summed E-state index contributed by atoms with van der Waals surface area (Å²) in [5.41, 5.74) is -0.797. The molecule has 0 aromatic rings. The fourth-order valence-corrected chi connectivity index (χ4v) is 9.71. The number of hydrogen-bond donors (Lipinski definition) is 1. The number of carbonyl (C=O) groups excluding carboxylic acids is 2. The summed E-state index contributed by atoms with van der Waals surface area (Å²) >= 11 is 0. The summed E-state index contributed by atoms with van der Waals surface area (Å²) in [6, 6.07) is 0. The van der Waals surface area contributed by atoms with Gasteiger partial charge in [0.25, 0.3) is 0 Å². The normalized spacial score (nSPS) is 48.7. The van der Waals surface area contributed by atoms with Gasteiger partial charge in [0.1, 0.15) is 0 Å². The highest BCUT2D eigenvalue weighted by Gasteiger charge is 2.70. The summed E-state index contributed by atoms with van der Waals surface area (Å²) in [7, 11) is 0. The molecule has 5 aliphatic carbocycles. The number of hydrogen-bond acceptors (Lipinski definition) is 3. The van der Waals surface area contributed by atoms with Crippen molar-refractivity contribution in [2.24, 2.45) is 50.2 Å². The van der Waals surface area contributed by atoms with Gasteiger partial charge in [-0.05, 0) is 85.2 Å². The van der Waals surface area contributed by atoms with Crippen molar-refractivity contribution >= 4 is 17.5 Å². The van der Waals surface area contributed by atoms with Crippen molar-refractivity contribution in [1.29, 1.82) is 0 Å². The fourth-order valence-electron chi connectivity index (χ4n) is 9.71. The molecule has 1 unspecified atom stereocenters. The van der Waals surface area contributed by atoms with Crippen LogP contribution in [-0.4, -0.2) is 22.6 Å². The van der Waals surface area contributed by atoms with Crippen LogP contribution in [0.5, 0.6) is 0 Å². The first-order valence-electron chi connectivity index (χ1n) is 13.3. The van der Waals surface area contributed by atoms with E-state index in [9.17, 15) is 19.5 Å². The Morgan fingerprint density at radius 2 is 1.59 bits per heavy atom. The van der Waals surface area contributed by atoms with Crippen LogP contribution in [0.2, 0.25) is 0 Å². The van der Waals surface area contributed by atoms with Gasteiger partial charge in [0.05, 0.1) is 5.41 Å². The Morgan fingerprint density at radius 1 is 0.941 bits per heavy atom. The van der Waals surface area contributed by atoms with Crippen LogP contribution >= 0.6 is 0 Å². The first-order valence-corrected chi connectivity index (χ1v) is 13.3. The maximum absolute atomic E-state index is 14.1. The molecule has 0 saturated heterocycles. The van der Waals surface area contributed by atoms with Gasteiger partial charge in [-0.3, -0.25) is 14.4 Å². The maximum atomic E-state index is 14.1. The predicted molar refractivity (Wildman–Crippen MR) is 132 cm³/mol. The number of carboxylic acids is 1. The average Bonchev–Trinajstić information content (AvgIpc) is 2.72. The maximum Gasteiger partial charge on any atom is 0.309 e. The summed E-state index contributed by atoms with van der Waals surface area (Å²) in [6.45, 7) is 15.5. The van der Waals surface area contributed by atoms with Gasteiger partial charge in [-0.15, -0.1) is 0 Å². The average molecular weight is 467 g/mol. The second-order valence-corrected chi connectivity index (χ2v) is 14.4. The third-order valence-electron chi connectivity index (χ3n) is 12.1. The quantitative estimate of drug-likeness (QED) is 0.485. The summed E-state index contributed by atoms with van der Waals surface area (Å²) in [5, 5.41) is 10.5. The Balaban J connectivity index is 1.68. The molecule has 0 aliphatic heterocycles. The van der Waals surface area contributed by atoms with Crippen molar-refractivity contribution in [3.05, 3.63) is 23.8 Å². The van der Waals surface area contributed by atoms with E-state index in [1.54, 1.807) is 6.08 Å². The number of carbonyl (C=O) groups is 3. The van der Waals surface area contributed by atoms with Crippen LogP contribution in [-0.2, 0) is 14.4 Å². The Hall–Kier alpha value is -1.71. The molecule has 0 spiro atoms. The lowest BCUT2D eigenvalue weighted by molar-refractivity contribution is -0.188. The van der Waals surface area contributed by atoms with Gasteiger partial charge in [0.2, 0.25) is 0 Å². The van der Waals surface area contributed by atoms with Gasteiger partial charge >= 0.3 is 5.97 Å². The molecule has 7 atom stereocenters. The summed E-state index contributed by atoms with van der Waals surface area (Å²) in [5.74, 6) is -0.603. The van der Waals surface area contributed by atoms with E-state index in [4.69, 9.17) is 0 Å². The third-order valence-corrected chi connectivity index (χ3v) is 12.1. The molecule has 5 rings (SSSR count). The number of allylic oxidation sites excluding steroid dienone is 4. The van der Waals surface area contributed by atoms with Crippen molar-refractivity contribution in [3.8, 4) is 0 Å². The molecule has 5 aliphatic rings. The highest BCUT2D eigenvalue weighted by molar-refractivity contribution is 5.98. The van der Waals surface area contributed by atoms with Crippen LogP contribution in [0.4, 0.5) is 0 Å². The molecule has 0 aromatic heterocycles. The van der Waals surface area contributed by atoms with Crippen molar-refractivity contribution < 1.29 is 19.5 Å². The molecular formula is C30H42O4. The van der Waals surface area contributed by atoms with Gasteiger partial charge in [0, 0.05) is 16.7 Å². The SMILES string of the molecule is CC1(C)CC[C@]2(C(=O)O)CC[C@]3(C)[C@H](C(=O)C=C4[C@@]5(C)C=CC(=O)C(C)(C)C5CC[C@]43C)[C@@H]2C1. The molecule has 0 radical (unpaired) electrons. The smallest absolute Gasteiger partial charge is 0.309 e. The van der Waals surface area contributed by atoms with Gasteiger partial charge in [-0.2, -0.15) is 0 Å². The number of rotatable bonds is 1. The van der Waals surface area contributed by atoms with E-state index in [-0.39, 0.29) is 51.0 Å². The minimum atomic E-state index is -0.780. The van der Waals surface area contributed by atoms with Gasteiger partial charge in [-0.1, -0.05) is 60.1 Å². The Labute approximate surface area is 204 Å². The van der Waals surface area contributed by atoms with Crippen molar-refractivity contribution in [2.75, 3.05) is 0 Å². The van der Waals surface area contributed by atoms with Crippen LogP contribution in [0.15, 0.2) is 23.8 Å². The van der Waals surface area contributed by atoms with E-state index < -0.39 is 16.8 Å². The molecule has 0 bridgehead atoms. The zero-order valence-corrected chi connectivity index (χ0v) is 22.1. The molecule has 1 N–H and O–H groups in total. The molecule has 34 heavy (non-hydrogen) atoms. The molecule has 3 fully saturated rings. The number of ketones is 2. The number of carboxylic acid groups (broad SMARTS) is 1. The minimum Gasteiger partial charge on any atom is -0.481 e. The Kier molecular flexibility index (Phi) is 4.75. The van der Waals surface area contributed by atoms with Crippen molar-refractivity contribution in [1.82, 2.24) is 0 Å². The molecule has 186 valence electrons. The largest absolute Gasteiger partial charge is 0.481 e. The lowest BCUT2D eigenvalue weighted by atomic mass is 9.34. The van der Waals surface area contributed by atoms with Crippen molar-refractivity contribution in [3.63, 3.8) is 0 Å². The van der Waals surface area contributed by atoms with Gasteiger partial charge < -0.3 is 5.11 Å². The molecule has 0 aromatic carbocycles. The van der Waals surface area contributed by atoms with Crippen LogP contribution < -0.4 is 0 Å². The first kappa shape index (κ1) is 24.0. The van der Waals surface area contributed by atoms with E-state index in [1.807, 2.05) is 6.08 Å². The van der Waals surface area contributed by atoms with E-state index in [2.05, 4.69) is 54.5 Å². The van der Waals surface area contributed by atoms with Crippen LogP contribution in [0.1, 0.15) is 93.4 Å². The molecule has 4 heteroatoms. The summed E-state index contributed by atoms with van der Waals surface area (Å²) < 4.78 is 0. The topological polar surface area (TPSA) is 71.4 Å². The molecule has 3 saturated carbocycles. The third kappa shape index (κ3) is 2.69. The lowest BCUT2D eigenvalue weighted by Crippen LogP contribution is -2.65. The molecule has 0 amide bonds.